The summed E-state index contributed by atoms with van der Waals surface area (Å²) >= 11 is 0. The zero-order valence-electron chi connectivity index (χ0n) is 14.5. The van der Waals surface area contributed by atoms with Crippen LogP contribution in [-0.4, -0.2) is 42.0 Å². The molecule has 2 N–H and O–H groups in total. The molecule has 136 valence electrons. The van der Waals surface area contributed by atoms with Crippen molar-refractivity contribution >= 4 is 17.8 Å². The van der Waals surface area contributed by atoms with Gasteiger partial charge in [0.25, 0.3) is 5.91 Å². The lowest BCUT2D eigenvalue weighted by Crippen LogP contribution is -2.49. The summed E-state index contributed by atoms with van der Waals surface area (Å²) in [6.07, 6.45) is 4.98. The van der Waals surface area contributed by atoms with Crippen LogP contribution < -0.4 is 20.5 Å². The highest BCUT2D eigenvalue weighted by atomic mass is 16.5. The molecule has 0 bridgehead atoms. The molecule has 0 saturated carbocycles. The number of carbonyl (C=O) groups is 2. The zero-order chi connectivity index (χ0) is 18.4. The van der Waals surface area contributed by atoms with Crippen molar-refractivity contribution in [2.45, 2.75) is 12.8 Å². The molecule has 1 fully saturated rings. The van der Waals surface area contributed by atoms with Gasteiger partial charge >= 0.3 is 0 Å². The molecule has 8 heteroatoms. The Balaban J connectivity index is 1.53. The van der Waals surface area contributed by atoms with Gasteiger partial charge in [0, 0.05) is 31.0 Å². The third-order valence-electron chi connectivity index (χ3n) is 4.28. The maximum absolute atomic E-state index is 12.4. The van der Waals surface area contributed by atoms with Crippen LogP contribution >= 0.6 is 0 Å². The summed E-state index contributed by atoms with van der Waals surface area (Å²) in [6.45, 7) is 1.33. The van der Waals surface area contributed by atoms with Crippen molar-refractivity contribution in [2.24, 2.45) is 5.92 Å². The fourth-order valence-corrected chi connectivity index (χ4v) is 2.86. The van der Waals surface area contributed by atoms with Crippen molar-refractivity contribution in [3.63, 3.8) is 0 Å². The van der Waals surface area contributed by atoms with E-state index in [2.05, 4.69) is 20.8 Å². The smallest absolute Gasteiger partial charge is 0.269 e. The van der Waals surface area contributed by atoms with Crippen LogP contribution in [0.2, 0.25) is 0 Å². The van der Waals surface area contributed by atoms with Crippen LogP contribution in [0.1, 0.15) is 23.2 Å². The quantitative estimate of drug-likeness (QED) is 0.799. The fraction of sp³-hybridized carbons (Fsp3) is 0.333. The van der Waals surface area contributed by atoms with Gasteiger partial charge in [-0.05, 0) is 43.2 Å². The lowest BCUT2D eigenvalue weighted by molar-refractivity contribution is -0.126. The monoisotopic (exact) mass is 355 g/mol. The Hall–Kier alpha value is -3.16. The number of rotatable bonds is 4. The highest BCUT2D eigenvalue weighted by molar-refractivity contribution is 5.95. The molecule has 1 aromatic carbocycles. The van der Waals surface area contributed by atoms with Crippen LogP contribution in [0.25, 0.3) is 0 Å². The molecule has 3 rings (SSSR count). The third kappa shape index (κ3) is 4.27. The van der Waals surface area contributed by atoms with Gasteiger partial charge in [-0.3, -0.25) is 20.4 Å². The van der Waals surface area contributed by atoms with Crippen molar-refractivity contribution in [3.8, 4) is 5.75 Å². The normalized spacial score (nSPS) is 16.7. The fourth-order valence-electron chi connectivity index (χ4n) is 2.86. The molecule has 2 heterocycles. The number of nitrogens with one attached hydrogen (secondary N) is 2. The first-order valence-corrected chi connectivity index (χ1v) is 8.43. The van der Waals surface area contributed by atoms with Gasteiger partial charge in [-0.25, -0.2) is 9.97 Å². The van der Waals surface area contributed by atoms with Gasteiger partial charge < -0.3 is 9.64 Å². The second-order valence-corrected chi connectivity index (χ2v) is 6.01. The number of methoxy groups -OCH3 is 1. The lowest BCUT2D eigenvalue weighted by Gasteiger charge is -2.31. The van der Waals surface area contributed by atoms with E-state index >= 15 is 0 Å². The standard InChI is InChI=1S/C18H21N5O3/c1-26-15-7-5-13(6-8-15)16(24)21-22-17(25)14-4-2-11-23(12-14)18-19-9-3-10-20-18/h3,5-10,14H,2,4,11-12H2,1H3,(H,21,24)(H,22,25)/t14-/m0/s1. The van der Waals surface area contributed by atoms with Crippen LogP contribution in [0, 0.1) is 5.92 Å². The number of anilines is 1. The Morgan fingerprint density at radius 2 is 1.88 bits per heavy atom. The number of piperidine rings is 1. The van der Waals surface area contributed by atoms with E-state index in [0.29, 0.717) is 23.8 Å². The van der Waals surface area contributed by atoms with E-state index in [1.807, 2.05) is 4.90 Å². The number of hydrazine groups is 1. The number of ether oxygens (including phenoxy) is 1. The first-order chi connectivity index (χ1) is 12.7. The number of amides is 2. The molecular weight excluding hydrogens is 334 g/mol. The maximum atomic E-state index is 12.4. The van der Waals surface area contributed by atoms with Crippen molar-refractivity contribution in [1.29, 1.82) is 0 Å². The predicted molar refractivity (Wildman–Crippen MR) is 95.6 cm³/mol. The average molecular weight is 355 g/mol. The number of benzene rings is 1. The van der Waals surface area contributed by atoms with Gasteiger partial charge in [0.1, 0.15) is 5.75 Å². The largest absolute Gasteiger partial charge is 0.497 e. The third-order valence-corrected chi connectivity index (χ3v) is 4.28. The van der Waals surface area contributed by atoms with Gasteiger partial charge in [-0.1, -0.05) is 0 Å². The number of carbonyl (C=O) groups excluding carboxylic acids is 2. The van der Waals surface area contributed by atoms with E-state index in [1.54, 1.807) is 49.8 Å². The minimum atomic E-state index is -0.375. The highest BCUT2D eigenvalue weighted by Crippen LogP contribution is 2.20. The summed E-state index contributed by atoms with van der Waals surface area (Å²) in [7, 11) is 1.56. The number of nitrogens with zero attached hydrogens (tertiary/aromatic N) is 3. The summed E-state index contributed by atoms with van der Waals surface area (Å²) in [4.78, 5) is 35.0. The van der Waals surface area contributed by atoms with E-state index in [0.717, 1.165) is 19.4 Å². The van der Waals surface area contributed by atoms with Gasteiger partial charge in [-0.2, -0.15) is 0 Å². The predicted octanol–water partition coefficient (Wildman–Crippen LogP) is 1.16. The minimum absolute atomic E-state index is 0.215. The second-order valence-electron chi connectivity index (χ2n) is 6.01. The van der Waals surface area contributed by atoms with Crippen LogP contribution in [-0.2, 0) is 4.79 Å². The Labute approximate surface area is 151 Å². The summed E-state index contributed by atoms with van der Waals surface area (Å²) in [5.41, 5.74) is 5.41. The molecule has 0 spiro atoms. The molecule has 1 aliphatic heterocycles. The van der Waals surface area contributed by atoms with E-state index in [-0.39, 0.29) is 17.7 Å². The summed E-state index contributed by atoms with van der Waals surface area (Å²) in [6, 6.07) is 8.41. The van der Waals surface area contributed by atoms with Gasteiger partial charge in [0.2, 0.25) is 11.9 Å². The molecule has 0 aliphatic carbocycles. The Morgan fingerprint density at radius 1 is 1.15 bits per heavy atom. The van der Waals surface area contributed by atoms with E-state index in [1.165, 1.54) is 0 Å². The molecule has 0 radical (unpaired) electrons. The summed E-state index contributed by atoms with van der Waals surface area (Å²) in [5.74, 6) is 0.458. The van der Waals surface area contributed by atoms with E-state index in [9.17, 15) is 9.59 Å². The molecule has 2 amide bonds. The molecular formula is C18H21N5O3. The van der Waals surface area contributed by atoms with Crippen molar-refractivity contribution in [3.05, 3.63) is 48.3 Å². The number of hydrogen-bond donors (Lipinski definition) is 2. The van der Waals surface area contributed by atoms with Crippen LogP contribution in [0.5, 0.6) is 5.75 Å². The van der Waals surface area contributed by atoms with Crippen molar-refractivity contribution in [2.75, 3.05) is 25.1 Å². The minimum Gasteiger partial charge on any atom is -0.497 e. The first kappa shape index (κ1) is 17.7. The summed E-state index contributed by atoms with van der Waals surface area (Å²) < 4.78 is 5.06. The van der Waals surface area contributed by atoms with Gasteiger partial charge in [0.15, 0.2) is 0 Å². The molecule has 1 aromatic heterocycles. The Morgan fingerprint density at radius 3 is 2.58 bits per heavy atom. The van der Waals surface area contributed by atoms with Crippen molar-refractivity contribution < 1.29 is 14.3 Å². The second kappa shape index (κ2) is 8.28. The topological polar surface area (TPSA) is 96.5 Å². The van der Waals surface area contributed by atoms with E-state index < -0.39 is 0 Å². The van der Waals surface area contributed by atoms with Gasteiger partial charge in [-0.15, -0.1) is 0 Å². The van der Waals surface area contributed by atoms with Crippen LogP contribution in [0.15, 0.2) is 42.7 Å². The molecule has 26 heavy (non-hydrogen) atoms. The Bertz CT molecular complexity index is 751. The number of hydrogen-bond acceptors (Lipinski definition) is 6. The zero-order valence-corrected chi connectivity index (χ0v) is 14.5. The molecule has 8 nitrogen and oxygen atoms in total. The molecule has 1 aliphatic rings. The molecule has 0 unspecified atom stereocenters. The molecule has 1 atom stereocenters. The molecule has 1 saturated heterocycles. The first-order valence-electron chi connectivity index (χ1n) is 8.43. The van der Waals surface area contributed by atoms with Gasteiger partial charge in [0.05, 0.1) is 13.0 Å². The van der Waals surface area contributed by atoms with Crippen LogP contribution in [0.4, 0.5) is 5.95 Å². The van der Waals surface area contributed by atoms with E-state index in [4.69, 9.17) is 4.74 Å². The number of aromatic nitrogens is 2. The maximum Gasteiger partial charge on any atom is 0.269 e. The SMILES string of the molecule is COc1ccc(C(=O)NNC(=O)[C@H]2CCCN(c3ncccn3)C2)cc1. The van der Waals surface area contributed by atoms with Crippen molar-refractivity contribution in [1.82, 2.24) is 20.8 Å². The molecule has 2 aromatic rings. The van der Waals surface area contributed by atoms with Crippen LogP contribution in [0.3, 0.4) is 0 Å². The summed E-state index contributed by atoms with van der Waals surface area (Å²) in [5, 5.41) is 0. The Kier molecular flexibility index (Phi) is 5.62. The average Bonchev–Trinajstić information content (AvgIpc) is 2.72. The lowest BCUT2D eigenvalue weighted by atomic mass is 9.98. The highest BCUT2D eigenvalue weighted by Gasteiger charge is 2.27.